The van der Waals surface area contributed by atoms with Gasteiger partial charge in [-0.2, -0.15) is 0 Å². The highest BCUT2D eigenvalue weighted by atomic mass is 32.2. The van der Waals surface area contributed by atoms with Gasteiger partial charge in [-0.05, 0) is 44.5 Å². The van der Waals surface area contributed by atoms with Crippen LogP contribution in [0.15, 0.2) is 23.1 Å². The van der Waals surface area contributed by atoms with Crippen molar-refractivity contribution in [1.82, 2.24) is 0 Å². The van der Waals surface area contributed by atoms with Gasteiger partial charge >= 0.3 is 0 Å². The SMILES string of the molecule is Cc1cc(S(=O)(=O)CC(C)(C)N)ccc1F. The molecule has 0 aliphatic heterocycles. The van der Waals surface area contributed by atoms with E-state index in [2.05, 4.69) is 0 Å². The first kappa shape index (κ1) is 13.1. The Bertz CT molecular complexity index is 489. The van der Waals surface area contributed by atoms with Crippen LogP contribution in [0.2, 0.25) is 0 Å². The van der Waals surface area contributed by atoms with Crippen molar-refractivity contribution in [1.29, 1.82) is 0 Å². The second kappa shape index (κ2) is 4.14. The predicted molar refractivity (Wildman–Crippen MR) is 61.5 cm³/mol. The molecule has 16 heavy (non-hydrogen) atoms. The second-order valence-corrected chi connectivity index (χ2v) is 6.65. The molecule has 0 spiro atoms. The van der Waals surface area contributed by atoms with E-state index in [1.807, 2.05) is 0 Å². The van der Waals surface area contributed by atoms with Gasteiger partial charge < -0.3 is 5.73 Å². The summed E-state index contributed by atoms with van der Waals surface area (Å²) in [6, 6.07) is 3.76. The molecule has 5 heteroatoms. The number of halogens is 1. The van der Waals surface area contributed by atoms with Gasteiger partial charge in [0.15, 0.2) is 9.84 Å². The maximum atomic E-state index is 13.0. The van der Waals surface area contributed by atoms with Gasteiger partial charge in [0, 0.05) is 5.54 Å². The van der Waals surface area contributed by atoms with Crippen LogP contribution in [0.1, 0.15) is 19.4 Å². The molecule has 0 aliphatic rings. The Labute approximate surface area is 95.4 Å². The number of aryl methyl sites for hydroxylation is 1. The zero-order valence-corrected chi connectivity index (χ0v) is 10.4. The quantitative estimate of drug-likeness (QED) is 0.824. The van der Waals surface area contributed by atoms with Crippen LogP contribution >= 0.6 is 0 Å². The van der Waals surface area contributed by atoms with Gasteiger partial charge in [-0.1, -0.05) is 0 Å². The number of benzene rings is 1. The molecule has 0 saturated carbocycles. The van der Waals surface area contributed by atoms with Gasteiger partial charge in [0.2, 0.25) is 0 Å². The summed E-state index contributed by atoms with van der Waals surface area (Å²) < 4.78 is 36.8. The third-order valence-corrected chi connectivity index (χ3v) is 4.15. The third kappa shape index (κ3) is 3.28. The fraction of sp³-hybridized carbons (Fsp3) is 0.455. The molecule has 0 unspecified atom stereocenters. The molecule has 0 atom stereocenters. The van der Waals surface area contributed by atoms with Crippen molar-refractivity contribution >= 4 is 9.84 Å². The first-order chi connectivity index (χ1) is 7.12. The molecule has 1 aromatic rings. The van der Waals surface area contributed by atoms with Crippen molar-refractivity contribution in [3.8, 4) is 0 Å². The van der Waals surface area contributed by atoms with Gasteiger partial charge in [-0.3, -0.25) is 0 Å². The van der Waals surface area contributed by atoms with Crippen LogP contribution in [0.5, 0.6) is 0 Å². The van der Waals surface area contributed by atoms with Crippen molar-refractivity contribution in [2.45, 2.75) is 31.2 Å². The lowest BCUT2D eigenvalue weighted by atomic mass is 10.1. The van der Waals surface area contributed by atoms with Gasteiger partial charge in [0.25, 0.3) is 0 Å². The summed E-state index contributed by atoms with van der Waals surface area (Å²) >= 11 is 0. The van der Waals surface area contributed by atoms with Gasteiger partial charge in [-0.15, -0.1) is 0 Å². The van der Waals surface area contributed by atoms with E-state index in [-0.39, 0.29) is 10.6 Å². The lowest BCUT2D eigenvalue weighted by Gasteiger charge is -2.18. The van der Waals surface area contributed by atoms with Crippen molar-refractivity contribution in [2.75, 3.05) is 5.75 Å². The smallest absolute Gasteiger partial charge is 0.180 e. The molecule has 90 valence electrons. The Kier molecular flexibility index (Phi) is 3.40. The molecule has 0 aliphatic carbocycles. The average Bonchev–Trinajstić information content (AvgIpc) is 2.05. The molecular weight excluding hydrogens is 229 g/mol. The number of nitrogens with two attached hydrogens (primary N) is 1. The fourth-order valence-electron chi connectivity index (χ4n) is 1.38. The summed E-state index contributed by atoms with van der Waals surface area (Å²) in [7, 11) is -3.45. The lowest BCUT2D eigenvalue weighted by Crippen LogP contribution is -2.39. The fourth-order valence-corrected chi connectivity index (χ4v) is 3.16. The Morgan fingerprint density at radius 2 is 1.94 bits per heavy atom. The van der Waals surface area contributed by atoms with E-state index in [0.29, 0.717) is 5.56 Å². The molecular formula is C11H16FNO2S. The maximum absolute atomic E-state index is 13.0. The maximum Gasteiger partial charge on any atom is 0.180 e. The Hall–Kier alpha value is -0.940. The van der Waals surface area contributed by atoms with Crippen LogP contribution < -0.4 is 5.73 Å². The van der Waals surface area contributed by atoms with Crippen LogP contribution in [0.25, 0.3) is 0 Å². The summed E-state index contributed by atoms with van der Waals surface area (Å²) in [6.45, 7) is 4.81. The summed E-state index contributed by atoms with van der Waals surface area (Å²) in [5, 5.41) is 0. The van der Waals surface area contributed by atoms with Gasteiger partial charge in [0.05, 0.1) is 10.6 Å². The minimum Gasteiger partial charge on any atom is -0.325 e. The number of sulfone groups is 1. The molecule has 1 aromatic carbocycles. The van der Waals surface area contributed by atoms with Crippen LogP contribution in [-0.2, 0) is 9.84 Å². The summed E-state index contributed by atoms with van der Waals surface area (Å²) in [5.41, 5.74) is 5.18. The van der Waals surface area contributed by atoms with Crippen LogP contribution in [0, 0.1) is 12.7 Å². The minimum atomic E-state index is -3.45. The zero-order chi connectivity index (χ0) is 12.6. The summed E-state index contributed by atoms with van der Waals surface area (Å²) in [6.07, 6.45) is 0. The molecule has 0 bridgehead atoms. The molecule has 0 saturated heterocycles. The molecule has 0 aromatic heterocycles. The van der Waals surface area contributed by atoms with Gasteiger partial charge in [0.1, 0.15) is 5.82 Å². The first-order valence-electron chi connectivity index (χ1n) is 4.90. The van der Waals surface area contributed by atoms with E-state index in [1.165, 1.54) is 19.1 Å². The molecule has 0 radical (unpaired) electrons. The number of rotatable bonds is 3. The molecule has 0 heterocycles. The lowest BCUT2D eigenvalue weighted by molar-refractivity contribution is 0.544. The number of hydrogen-bond acceptors (Lipinski definition) is 3. The largest absolute Gasteiger partial charge is 0.325 e. The van der Waals surface area contributed by atoms with Crippen molar-refractivity contribution < 1.29 is 12.8 Å². The van der Waals surface area contributed by atoms with E-state index < -0.39 is 21.2 Å². The van der Waals surface area contributed by atoms with Crippen molar-refractivity contribution in [3.63, 3.8) is 0 Å². The van der Waals surface area contributed by atoms with Crippen LogP contribution in [0.4, 0.5) is 4.39 Å². The third-order valence-electron chi connectivity index (χ3n) is 2.05. The molecule has 3 nitrogen and oxygen atoms in total. The van der Waals surface area contributed by atoms with Gasteiger partial charge in [-0.25, -0.2) is 12.8 Å². The monoisotopic (exact) mass is 245 g/mol. The van der Waals surface area contributed by atoms with Crippen LogP contribution in [-0.4, -0.2) is 19.7 Å². The topological polar surface area (TPSA) is 60.2 Å². The summed E-state index contributed by atoms with van der Waals surface area (Å²) in [5.74, 6) is -0.573. The highest BCUT2D eigenvalue weighted by Gasteiger charge is 2.24. The normalized spacial score (nSPS) is 12.8. The number of hydrogen-bond donors (Lipinski definition) is 1. The minimum absolute atomic E-state index is 0.116. The van der Waals surface area contributed by atoms with E-state index in [0.717, 1.165) is 6.07 Å². The summed E-state index contributed by atoms with van der Waals surface area (Å²) in [4.78, 5) is 0.116. The Morgan fingerprint density at radius 1 is 1.38 bits per heavy atom. The highest BCUT2D eigenvalue weighted by Crippen LogP contribution is 2.18. The standard InChI is InChI=1S/C11H16FNO2S/c1-8-6-9(4-5-10(8)12)16(14,15)7-11(2,3)13/h4-6H,7,13H2,1-3H3. The zero-order valence-electron chi connectivity index (χ0n) is 9.62. The van der Waals surface area contributed by atoms with Crippen molar-refractivity contribution in [2.24, 2.45) is 5.73 Å². The molecule has 1 rings (SSSR count). The van der Waals surface area contributed by atoms with E-state index >= 15 is 0 Å². The first-order valence-corrected chi connectivity index (χ1v) is 6.55. The predicted octanol–water partition coefficient (Wildman–Crippen LogP) is 1.65. The Balaban J connectivity index is 3.13. The van der Waals surface area contributed by atoms with Crippen LogP contribution in [0.3, 0.4) is 0 Å². The highest BCUT2D eigenvalue weighted by molar-refractivity contribution is 7.91. The molecule has 0 amide bonds. The van der Waals surface area contributed by atoms with E-state index in [4.69, 9.17) is 5.73 Å². The second-order valence-electron chi connectivity index (χ2n) is 4.66. The molecule has 2 N–H and O–H groups in total. The van der Waals surface area contributed by atoms with E-state index in [1.54, 1.807) is 13.8 Å². The average molecular weight is 245 g/mol. The molecule has 0 fully saturated rings. The Morgan fingerprint density at radius 3 is 2.38 bits per heavy atom. The van der Waals surface area contributed by atoms with E-state index in [9.17, 15) is 12.8 Å². The van der Waals surface area contributed by atoms with Crippen molar-refractivity contribution in [3.05, 3.63) is 29.6 Å².